The number of hydrogen-bond donors (Lipinski definition) is 1. The van der Waals surface area contributed by atoms with Crippen LogP contribution in [0.3, 0.4) is 0 Å². The zero-order valence-electron chi connectivity index (χ0n) is 16.3. The number of ketones is 1. The number of nitrogen functional groups attached to an aromatic ring is 1. The van der Waals surface area contributed by atoms with Crippen molar-refractivity contribution in [1.82, 2.24) is 9.13 Å². The molecule has 0 radical (unpaired) electrons. The maximum absolute atomic E-state index is 12.5. The van der Waals surface area contributed by atoms with E-state index in [-0.39, 0.29) is 29.6 Å². The molecule has 2 N–H and O–H groups in total. The van der Waals surface area contributed by atoms with Crippen LogP contribution in [0.4, 0.5) is 5.82 Å². The van der Waals surface area contributed by atoms with Gasteiger partial charge in [0, 0.05) is 23.0 Å². The van der Waals surface area contributed by atoms with Crippen molar-refractivity contribution in [2.75, 3.05) is 18.1 Å². The summed E-state index contributed by atoms with van der Waals surface area (Å²) in [6.07, 6.45) is 0. The lowest BCUT2D eigenvalue weighted by Gasteiger charge is -2.16. The number of benzene rings is 1. The molecule has 29 heavy (non-hydrogen) atoms. The van der Waals surface area contributed by atoms with Gasteiger partial charge in [0.25, 0.3) is 5.56 Å². The van der Waals surface area contributed by atoms with Crippen LogP contribution in [0.25, 0.3) is 0 Å². The van der Waals surface area contributed by atoms with E-state index in [9.17, 15) is 19.2 Å². The van der Waals surface area contributed by atoms with Crippen LogP contribution in [0, 0.1) is 5.92 Å². The molecule has 0 saturated heterocycles. The number of halogens is 1. The zero-order chi connectivity index (χ0) is 21.7. The van der Waals surface area contributed by atoms with Crippen LogP contribution in [0.2, 0.25) is 0 Å². The van der Waals surface area contributed by atoms with Crippen molar-refractivity contribution in [3.63, 3.8) is 0 Å². The third-order valence-electron chi connectivity index (χ3n) is 3.94. The lowest BCUT2D eigenvalue weighted by atomic mass is 10.1. The Morgan fingerprint density at radius 3 is 2.41 bits per heavy atom. The summed E-state index contributed by atoms with van der Waals surface area (Å²) in [5, 5.41) is 0. The van der Waals surface area contributed by atoms with Gasteiger partial charge < -0.3 is 10.5 Å². The molecule has 0 spiro atoms. The van der Waals surface area contributed by atoms with Crippen LogP contribution in [0.15, 0.2) is 43.2 Å². The summed E-state index contributed by atoms with van der Waals surface area (Å²) in [4.78, 5) is 50.0. The number of nitrogens with zero attached hydrogens (tertiary/aromatic N) is 2. The molecule has 0 aliphatic carbocycles. The summed E-state index contributed by atoms with van der Waals surface area (Å²) in [6, 6.07) is 7.38. The van der Waals surface area contributed by atoms with Gasteiger partial charge in [-0.2, -0.15) is 0 Å². The van der Waals surface area contributed by atoms with E-state index in [1.165, 1.54) is 23.4 Å². The minimum atomic E-state index is -0.808. The second-order valence-electron chi connectivity index (χ2n) is 6.74. The summed E-state index contributed by atoms with van der Waals surface area (Å²) >= 11 is 4.59. The van der Waals surface area contributed by atoms with Crippen LogP contribution in [0.1, 0.15) is 24.2 Å². The normalized spacial score (nSPS) is 10.9. The fourth-order valence-corrected chi connectivity index (χ4v) is 3.48. The van der Waals surface area contributed by atoms with Gasteiger partial charge >= 0.3 is 11.7 Å². The average Bonchev–Trinajstić information content (AvgIpc) is 2.67. The van der Waals surface area contributed by atoms with Crippen molar-refractivity contribution in [2.24, 2.45) is 13.0 Å². The molecular formula is C19H22BrN3O5S. The molecule has 156 valence electrons. The maximum Gasteiger partial charge on any atom is 0.332 e. The third-order valence-corrected chi connectivity index (χ3v) is 5.46. The number of esters is 1. The van der Waals surface area contributed by atoms with Crippen molar-refractivity contribution < 1.29 is 14.3 Å². The van der Waals surface area contributed by atoms with Crippen molar-refractivity contribution in [1.29, 1.82) is 0 Å². The number of thioether (sulfide) groups is 1. The molecule has 0 saturated carbocycles. The molecule has 0 aliphatic heterocycles. The number of Topliss-reactive ketones (excluding diaryl/α,β-unsaturated/α-hetero) is 1. The number of anilines is 1. The Morgan fingerprint density at radius 1 is 1.21 bits per heavy atom. The minimum absolute atomic E-state index is 0.00918. The molecule has 1 heterocycles. The zero-order valence-corrected chi connectivity index (χ0v) is 18.7. The molecule has 0 bridgehead atoms. The molecule has 0 aliphatic rings. The smallest absolute Gasteiger partial charge is 0.332 e. The van der Waals surface area contributed by atoms with Gasteiger partial charge in [0.1, 0.15) is 11.4 Å². The summed E-state index contributed by atoms with van der Waals surface area (Å²) in [5.41, 5.74) is 4.19. The van der Waals surface area contributed by atoms with E-state index in [4.69, 9.17) is 10.5 Å². The molecule has 0 amide bonds. The topological polar surface area (TPSA) is 113 Å². The lowest BCUT2D eigenvalue weighted by Crippen LogP contribution is -2.43. The first-order valence-electron chi connectivity index (χ1n) is 8.78. The number of hydrogen-bond acceptors (Lipinski definition) is 7. The van der Waals surface area contributed by atoms with Gasteiger partial charge in [-0.15, -0.1) is 11.8 Å². The highest BCUT2D eigenvalue weighted by atomic mass is 79.9. The Hall–Kier alpha value is -2.33. The Bertz CT molecular complexity index is 1030. The largest absolute Gasteiger partial charge is 0.457 e. The first kappa shape index (κ1) is 23.0. The van der Waals surface area contributed by atoms with E-state index >= 15 is 0 Å². The number of carbonyl (C=O) groups excluding carboxylic acids is 2. The van der Waals surface area contributed by atoms with Crippen molar-refractivity contribution in [3.8, 4) is 0 Å². The highest BCUT2D eigenvalue weighted by Crippen LogP contribution is 2.20. The van der Waals surface area contributed by atoms with Gasteiger partial charge in [-0.05, 0) is 30.2 Å². The molecule has 0 atom stereocenters. The van der Waals surface area contributed by atoms with E-state index < -0.39 is 29.6 Å². The Morgan fingerprint density at radius 2 is 1.83 bits per heavy atom. The first-order valence-corrected chi connectivity index (χ1v) is 10.6. The number of aromatic nitrogens is 2. The van der Waals surface area contributed by atoms with Gasteiger partial charge in [0.2, 0.25) is 5.78 Å². The van der Waals surface area contributed by atoms with E-state index in [0.29, 0.717) is 0 Å². The van der Waals surface area contributed by atoms with Crippen LogP contribution in [0.5, 0.6) is 0 Å². The summed E-state index contributed by atoms with van der Waals surface area (Å²) in [6.45, 7) is 3.38. The first-order chi connectivity index (χ1) is 13.6. The Balaban J connectivity index is 2.09. The van der Waals surface area contributed by atoms with Crippen molar-refractivity contribution in [3.05, 3.63) is 55.1 Å². The quantitative estimate of drug-likeness (QED) is 0.347. The van der Waals surface area contributed by atoms with E-state index in [1.807, 2.05) is 38.1 Å². The van der Waals surface area contributed by atoms with Crippen molar-refractivity contribution in [2.45, 2.75) is 25.3 Å². The van der Waals surface area contributed by atoms with E-state index in [1.54, 1.807) is 0 Å². The molecule has 2 aromatic rings. The molecule has 8 nitrogen and oxygen atoms in total. The second-order valence-corrected chi connectivity index (χ2v) is 8.70. The van der Waals surface area contributed by atoms with Crippen LogP contribution >= 0.6 is 27.7 Å². The summed E-state index contributed by atoms with van der Waals surface area (Å²) in [7, 11) is 1.28. The SMILES string of the molecule is CC(C)Cn1c(N)c(C(=O)COC(=O)CSc2ccc(Br)cc2)c(=O)n(C)c1=O. The number of rotatable bonds is 8. The van der Waals surface area contributed by atoms with Crippen LogP contribution < -0.4 is 17.0 Å². The standard InChI is InChI=1S/C19H22BrN3O5S/c1-11(2)8-23-17(21)16(18(26)22(3)19(23)27)14(24)9-28-15(25)10-29-13-6-4-12(20)5-7-13/h4-7,11H,8-10,21H2,1-3H3. The Labute approximate surface area is 180 Å². The van der Waals surface area contributed by atoms with Gasteiger partial charge in [-0.3, -0.25) is 23.5 Å². The van der Waals surface area contributed by atoms with E-state index in [2.05, 4.69) is 15.9 Å². The Kier molecular flexibility index (Phi) is 7.86. The fourth-order valence-electron chi connectivity index (χ4n) is 2.52. The molecule has 0 unspecified atom stereocenters. The molecule has 2 rings (SSSR count). The maximum atomic E-state index is 12.5. The van der Waals surface area contributed by atoms with Gasteiger partial charge in [-0.1, -0.05) is 29.8 Å². The van der Waals surface area contributed by atoms with Gasteiger partial charge in [0.05, 0.1) is 5.75 Å². The highest BCUT2D eigenvalue weighted by Gasteiger charge is 2.23. The number of ether oxygens (including phenoxy) is 1. The third kappa shape index (κ3) is 5.83. The predicted octanol–water partition coefficient (Wildman–Crippen LogP) is 2.07. The van der Waals surface area contributed by atoms with E-state index in [0.717, 1.165) is 13.9 Å². The van der Waals surface area contributed by atoms with Crippen molar-refractivity contribution >= 4 is 45.3 Å². The number of carbonyl (C=O) groups is 2. The second kappa shape index (κ2) is 9.93. The predicted molar refractivity (Wildman–Crippen MR) is 115 cm³/mol. The lowest BCUT2D eigenvalue weighted by molar-refractivity contribution is -0.139. The van der Waals surface area contributed by atoms with Crippen LogP contribution in [-0.2, 0) is 23.1 Å². The molecule has 10 heteroatoms. The average molecular weight is 484 g/mol. The number of nitrogens with two attached hydrogens (primary N) is 1. The monoisotopic (exact) mass is 483 g/mol. The van der Waals surface area contributed by atoms with Gasteiger partial charge in [-0.25, -0.2) is 4.79 Å². The van der Waals surface area contributed by atoms with Crippen LogP contribution in [-0.4, -0.2) is 33.2 Å². The molecule has 1 aromatic carbocycles. The minimum Gasteiger partial charge on any atom is -0.457 e. The summed E-state index contributed by atoms with van der Waals surface area (Å²) in [5.74, 6) is -1.48. The fraction of sp³-hybridized carbons (Fsp3) is 0.368. The summed E-state index contributed by atoms with van der Waals surface area (Å²) < 4.78 is 7.93. The molecular weight excluding hydrogens is 462 g/mol. The highest BCUT2D eigenvalue weighted by molar-refractivity contribution is 9.10. The molecule has 1 aromatic heterocycles. The van der Waals surface area contributed by atoms with Gasteiger partial charge in [0.15, 0.2) is 6.61 Å². The molecule has 0 fully saturated rings.